The number of benzene rings is 2. The van der Waals surface area contributed by atoms with E-state index >= 15 is 0 Å². The van der Waals surface area contributed by atoms with Gasteiger partial charge in [0.2, 0.25) is 0 Å². The third kappa shape index (κ3) is 6.56. The lowest BCUT2D eigenvalue weighted by Gasteiger charge is -2.19. The van der Waals surface area contributed by atoms with E-state index in [2.05, 4.69) is 4.31 Å². The van der Waals surface area contributed by atoms with E-state index in [0.717, 1.165) is 0 Å². The number of phosphoric acid groups is 1. The normalized spacial score (nSPS) is 12.0. The highest BCUT2D eigenvalue weighted by Crippen LogP contribution is 2.69. The van der Waals surface area contributed by atoms with E-state index in [9.17, 15) is 9.13 Å². The first-order chi connectivity index (χ1) is 10.7. The van der Waals surface area contributed by atoms with Gasteiger partial charge in [-0.25, -0.2) is 4.57 Å². The molecule has 0 saturated carbocycles. The Morgan fingerprint density at radius 3 is 1.35 bits per heavy atom. The lowest BCUT2D eigenvalue weighted by atomic mass is 10.3. The Morgan fingerprint density at radius 1 is 0.696 bits per heavy atom. The molecule has 0 unspecified atom stereocenters. The lowest BCUT2D eigenvalue weighted by Crippen LogP contribution is -2.02. The van der Waals surface area contributed by atoms with Crippen molar-refractivity contribution in [1.82, 2.24) is 0 Å². The van der Waals surface area contributed by atoms with Crippen molar-refractivity contribution in [3.8, 4) is 11.5 Å². The minimum atomic E-state index is -4.43. The fourth-order valence-electron chi connectivity index (χ4n) is 1.42. The van der Waals surface area contributed by atoms with Crippen LogP contribution in [0.1, 0.15) is 0 Å². The van der Waals surface area contributed by atoms with Crippen molar-refractivity contribution in [1.29, 1.82) is 0 Å². The van der Waals surface area contributed by atoms with Crippen molar-refractivity contribution in [2.45, 2.75) is 0 Å². The SMILES string of the molecule is O=P(Cl)(Cl)OP(=O)(Oc1ccc(Cl)cc1)Oc1ccc(Cl)cc1. The molecule has 2 aromatic carbocycles. The standard InChI is InChI=1S/C12H8Cl4O5P2/c13-9-1-5-11(6-2-9)19-23(18,21-22(15,16)17)20-12-7-3-10(14)4-8-12/h1-8H. The molecule has 2 aromatic rings. The summed E-state index contributed by atoms with van der Waals surface area (Å²) < 4.78 is 39.0. The molecule has 0 saturated heterocycles. The fourth-order valence-corrected chi connectivity index (χ4v) is 5.03. The van der Waals surface area contributed by atoms with Gasteiger partial charge in [0.1, 0.15) is 11.5 Å². The molecular weight excluding hydrogens is 428 g/mol. The summed E-state index contributed by atoms with van der Waals surface area (Å²) in [6.45, 7) is 0. The molecule has 0 aliphatic heterocycles. The Labute approximate surface area is 152 Å². The molecule has 0 aromatic heterocycles. The van der Waals surface area contributed by atoms with Crippen LogP contribution >= 0.6 is 59.6 Å². The highest BCUT2D eigenvalue weighted by Gasteiger charge is 2.39. The zero-order valence-corrected chi connectivity index (χ0v) is 15.9. The van der Waals surface area contributed by atoms with Gasteiger partial charge in [0.25, 0.3) is 0 Å². The highest BCUT2D eigenvalue weighted by atomic mass is 35.9. The van der Waals surface area contributed by atoms with Crippen LogP contribution in [0.4, 0.5) is 0 Å². The van der Waals surface area contributed by atoms with Gasteiger partial charge in [-0.15, -0.1) is 0 Å². The van der Waals surface area contributed by atoms with E-state index in [0.29, 0.717) is 10.0 Å². The molecule has 0 atom stereocenters. The van der Waals surface area contributed by atoms with Crippen molar-refractivity contribution in [3.63, 3.8) is 0 Å². The number of phosphoric ester groups is 1. The molecule has 2 rings (SSSR count). The Kier molecular flexibility index (Phi) is 6.32. The van der Waals surface area contributed by atoms with Crippen LogP contribution in [0.25, 0.3) is 0 Å². The first-order valence-corrected chi connectivity index (χ1v) is 11.5. The van der Waals surface area contributed by atoms with Gasteiger partial charge in [-0.3, -0.25) is 4.57 Å². The second-order valence-electron chi connectivity index (χ2n) is 4.03. The van der Waals surface area contributed by atoms with Crippen molar-refractivity contribution in [2.24, 2.45) is 0 Å². The Balaban J connectivity index is 2.27. The van der Waals surface area contributed by atoms with E-state index in [1.165, 1.54) is 48.5 Å². The van der Waals surface area contributed by atoms with E-state index < -0.39 is 13.9 Å². The third-order valence-electron chi connectivity index (χ3n) is 2.26. The van der Waals surface area contributed by atoms with Gasteiger partial charge in [-0.2, -0.15) is 4.31 Å². The van der Waals surface area contributed by atoms with Crippen LogP contribution in [0.3, 0.4) is 0 Å². The van der Waals surface area contributed by atoms with Crippen LogP contribution < -0.4 is 9.05 Å². The summed E-state index contributed by atoms with van der Waals surface area (Å²) in [6.07, 6.45) is -4.20. The molecule has 23 heavy (non-hydrogen) atoms. The average molecular weight is 436 g/mol. The van der Waals surface area contributed by atoms with E-state index in [4.69, 9.17) is 54.7 Å². The maximum atomic E-state index is 12.7. The number of rotatable bonds is 6. The molecule has 0 aliphatic rings. The quantitative estimate of drug-likeness (QED) is 0.450. The van der Waals surface area contributed by atoms with Crippen molar-refractivity contribution in [2.75, 3.05) is 0 Å². The van der Waals surface area contributed by atoms with Gasteiger partial charge in [-0.05, 0) is 71.0 Å². The summed E-state index contributed by atoms with van der Waals surface area (Å²) >= 11 is 22.1. The van der Waals surface area contributed by atoms with Gasteiger partial charge in [0.15, 0.2) is 0 Å². The Bertz CT molecular complexity index is 709. The zero-order valence-electron chi connectivity index (χ0n) is 11.1. The third-order valence-corrected chi connectivity index (χ3v) is 6.30. The van der Waals surface area contributed by atoms with Crippen LogP contribution in [0, 0.1) is 0 Å². The van der Waals surface area contributed by atoms with Crippen molar-refractivity contribution < 1.29 is 22.5 Å². The van der Waals surface area contributed by atoms with Gasteiger partial charge in [0, 0.05) is 10.0 Å². The van der Waals surface area contributed by atoms with Gasteiger partial charge >= 0.3 is 13.9 Å². The van der Waals surface area contributed by atoms with Crippen molar-refractivity contribution in [3.05, 3.63) is 58.6 Å². The van der Waals surface area contributed by atoms with E-state index in [-0.39, 0.29) is 11.5 Å². The average Bonchev–Trinajstić information content (AvgIpc) is 2.42. The fraction of sp³-hybridized carbons (Fsp3) is 0. The Hall–Kier alpha value is -0.380. The summed E-state index contributed by atoms with van der Waals surface area (Å²) in [6, 6.07) is 11.6. The minimum Gasteiger partial charge on any atom is -0.395 e. The maximum absolute atomic E-state index is 12.7. The van der Waals surface area contributed by atoms with Crippen LogP contribution in [-0.2, 0) is 13.4 Å². The molecule has 0 bridgehead atoms. The van der Waals surface area contributed by atoms with Gasteiger partial charge < -0.3 is 9.05 Å². The molecule has 0 fully saturated rings. The second-order valence-corrected chi connectivity index (χ2v) is 10.8. The number of hydrogen-bond donors (Lipinski definition) is 0. The second kappa shape index (κ2) is 7.67. The molecule has 0 N–H and O–H groups in total. The monoisotopic (exact) mass is 434 g/mol. The maximum Gasteiger partial charge on any atom is 0.595 e. The molecular formula is C12H8Cl4O5P2. The lowest BCUT2D eigenvalue weighted by molar-refractivity contribution is 0.304. The van der Waals surface area contributed by atoms with Crippen molar-refractivity contribution >= 4 is 59.6 Å². The summed E-state index contributed by atoms with van der Waals surface area (Å²) in [5.74, 6) is 0.182. The van der Waals surface area contributed by atoms with E-state index in [1.54, 1.807) is 0 Å². The molecule has 0 heterocycles. The topological polar surface area (TPSA) is 61.8 Å². The molecule has 5 nitrogen and oxygen atoms in total. The van der Waals surface area contributed by atoms with Crippen LogP contribution in [0.15, 0.2) is 48.5 Å². The molecule has 0 radical (unpaired) electrons. The molecule has 0 spiro atoms. The number of halogens is 4. The Morgan fingerprint density at radius 2 is 1.04 bits per heavy atom. The molecule has 0 amide bonds. The highest BCUT2D eigenvalue weighted by molar-refractivity contribution is 8.07. The minimum absolute atomic E-state index is 0.0912. The number of hydrogen-bond acceptors (Lipinski definition) is 5. The zero-order chi connectivity index (χ0) is 17.1. The van der Waals surface area contributed by atoms with Crippen LogP contribution in [-0.4, -0.2) is 0 Å². The van der Waals surface area contributed by atoms with Crippen LogP contribution in [0.2, 0.25) is 10.0 Å². The predicted molar refractivity (Wildman–Crippen MR) is 92.2 cm³/mol. The van der Waals surface area contributed by atoms with Gasteiger partial charge in [0.05, 0.1) is 0 Å². The largest absolute Gasteiger partial charge is 0.595 e. The van der Waals surface area contributed by atoms with Crippen LogP contribution in [0.5, 0.6) is 11.5 Å². The summed E-state index contributed by atoms with van der Waals surface area (Å²) in [7, 11) is -4.43. The first kappa shape index (κ1) is 19.0. The summed E-state index contributed by atoms with van der Waals surface area (Å²) in [4.78, 5) is 0. The molecule has 124 valence electrons. The van der Waals surface area contributed by atoms with E-state index in [1.807, 2.05) is 0 Å². The first-order valence-electron chi connectivity index (χ1n) is 5.86. The molecule has 0 aliphatic carbocycles. The summed E-state index contributed by atoms with van der Waals surface area (Å²) in [5, 5.41) is 0.874. The van der Waals surface area contributed by atoms with Gasteiger partial charge in [-0.1, -0.05) is 23.2 Å². The smallest absolute Gasteiger partial charge is 0.395 e. The predicted octanol–water partition coefficient (Wildman–Crippen LogP) is 7.16. The summed E-state index contributed by atoms with van der Waals surface area (Å²) in [5.41, 5.74) is 0. The molecule has 11 heteroatoms.